The second-order valence-corrected chi connectivity index (χ2v) is 4.99. The lowest BCUT2D eigenvalue weighted by Crippen LogP contribution is -2.36. The van der Waals surface area contributed by atoms with Gasteiger partial charge in [0, 0.05) is 12.1 Å². The summed E-state index contributed by atoms with van der Waals surface area (Å²) >= 11 is 0. The zero-order valence-electron chi connectivity index (χ0n) is 10.3. The van der Waals surface area contributed by atoms with E-state index in [-0.39, 0.29) is 12.1 Å². The average molecular weight is 235 g/mol. The van der Waals surface area contributed by atoms with E-state index in [1.54, 1.807) is 12.1 Å². The smallest absolute Gasteiger partial charge is 0.115 e. The highest BCUT2D eigenvalue weighted by Gasteiger charge is 2.20. The Morgan fingerprint density at radius 1 is 1.12 bits per heavy atom. The quantitative estimate of drug-likeness (QED) is 0.753. The molecule has 0 saturated heterocycles. The first-order valence-corrected chi connectivity index (χ1v) is 6.38. The molecule has 1 aromatic rings. The lowest BCUT2D eigenvalue weighted by molar-refractivity contribution is 0.114. The van der Waals surface area contributed by atoms with E-state index in [0.29, 0.717) is 11.8 Å². The summed E-state index contributed by atoms with van der Waals surface area (Å²) in [7, 11) is 0. The molecule has 0 heterocycles. The van der Waals surface area contributed by atoms with Crippen LogP contribution in [0.3, 0.4) is 0 Å². The van der Waals surface area contributed by atoms with Gasteiger partial charge in [-0.05, 0) is 50.3 Å². The van der Waals surface area contributed by atoms with Crippen molar-refractivity contribution in [2.24, 2.45) is 0 Å². The average Bonchev–Trinajstić information content (AvgIpc) is 2.33. The predicted molar refractivity (Wildman–Crippen MR) is 67.9 cm³/mol. The van der Waals surface area contributed by atoms with Crippen LogP contribution < -0.4 is 5.32 Å². The first-order chi connectivity index (χ1) is 8.15. The molecule has 0 bridgehead atoms. The van der Waals surface area contributed by atoms with Crippen LogP contribution in [0.15, 0.2) is 24.3 Å². The summed E-state index contributed by atoms with van der Waals surface area (Å²) in [5.74, 6) is 0.307. The number of benzene rings is 1. The number of aromatic hydroxyl groups is 1. The summed E-state index contributed by atoms with van der Waals surface area (Å²) in [4.78, 5) is 0. The SMILES string of the molecule is CC(NC1CCC(O)CC1)c1ccc(O)cc1. The fraction of sp³-hybridized carbons (Fsp3) is 0.571. The number of phenolic OH excluding ortho intramolecular Hbond substituents is 1. The topological polar surface area (TPSA) is 52.5 Å². The number of aliphatic hydroxyl groups excluding tert-OH is 1. The normalized spacial score (nSPS) is 26.7. The van der Waals surface area contributed by atoms with Gasteiger partial charge in [0.25, 0.3) is 0 Å². The van der Waals surface area contributed by atoms with Crippen LogP contribution in [-0.4, -0.2) is 22.4 Å². The van der Waals surface area contributed by atoms with E-state index in [1.165, 1.54) is 5.56 Å². The number of nitrogens with one attached hydrogen (secondary N) is 1. The van der Waals surface area contributed by atoms with E-state index in [4.69, 9.17) is 0 Å². The minimum atomic E-state index is -0.1000. The minimum absolute atomic E-state index is 0.1000. The zero-order chi connectivity index (χ0) is 12.3. The molecule has 1 saturated carbocycles. The summed E-state index contributed by atoms with van der Waals surface area (Å²) in [5, 5.41) is 22.3. The van der Waals surface area contributed by atoms with Gasteiger partial charge in [0.1, 0.15) is 5.75 Å². The lowest BCUT2D eigenvalue weighted by Gasteiger charge is -2.29. The van der Waals surface area contributed by atoms with Crippen LogP contribution in [0.2, 0.25) is 0 Å². The first kappa shape index (κ1) is 12.4. The molecule has 1 aliphatic rings. The Morgan fingerprint density at radius 3 is 2.29 bits per heavy atom. The van der Waals surface area contributed by atoms with Crippen molar-refractivity contribution in [3.05, 3.63) is 29.8 Å². The van der Waals surface area contributed by atoms with Crippen molar-refractivity contribution in [2.45, 2.75) is 50.8 Å². The molecule has 3 heteroatoms. The van der Waals surface area contributed by atoms with E-state index in [9.17, 15) is 10.2 Å². The third-order valence-corrected chi connectivity index (χ3v) is 3.58. The summed E-state index contributed by atoms with van der Waals surface area (Å²) in [6.45, 7) is 2.14. The van der Waals surface area contributed by atoms with Gasteiger partial charge in [0.2, 0.25) is 0 Å². The summed E-state index contributed by atoms with van der Waals surface area (Å²) in [6, 6.07) is 8.13. The Hall–Kier alpha value is -1.06. The van der Waals surface area contributed by atoms with E-state index in [2.05, 4.69) is 12.2 Å². The van der Waals surface area contributed by atoms with Crippen LogP contribution in [0.1, 0.15) is 44.2 Å². The van der Waals surface area contributed by atoms with Crippen LogP contribution in [0, 0.1) is 0 Å². The molecule has 1 aromatic carbocycles. The second-order valence-electron chi connectivity index (χ2n) is 4.99. The Kier molecular flexibility index (Phi) is 4.02. The molecule has 1 atom stereocenters. The summed E-state index contributed by atoms with van der Waals surface area (Å²) in [6.07, 6.45) is 3.80. The third-order valence-electron chi connectivity index (χ3n) is 3.58. The van der Waals surface area contributed by atoms with Gasteiger partial charge in [-0.3, -0.25) is 0 Å². The van der Waals surface area contributed by atoms with Crippen LogP contribution in [0.5, 0.6) is 5.75 Å². The van der Waals surface area contributed by atoms with Gasteiger partial charge in [-0.25, -0.2) is 0 Å². The maximum Gasteiger partial charge on any atom is 0.115 e. The van der Waals surface area contributed by atoms with Crippen molar-refractivity contribution in [3.8, 4) is 5.75 Å². The molecule has 1 unspecified atom stereocenters. The van der Waals surface area contributed by atoms with E-state index in [0.717, 1.165) is 25.7 Å². The first-order valence-electron chi connectivity index (χ1n) is 6.38. The fourth-order valence-corrected chi connectivity index (χ4v) is 2.46. The van der Waals surface area contributed by atoms with Crippen molar-refractivity contribution < 1.29 is 10.2 Å². The van der Waals surface area contributed by atoms with Gasteiger partial charge in [0.15, 0.2) is 0 Å². The van der Waals surface area contributed by atoms with Gasteiger partial charge in [0.05, 0.1) is 6.10 Å². The van der Waals surface area contributed by atoms with Gasteiger partial charge >= 0.3 is 0 Å². The van der Waals surface area contributed by atoms with E-state index < -0.39 is 0 Å². The fourth-order valence-electron chi connectivity index (χ4n) is 2.46. The van der Waals surface area contributed by atoms with Crippen molar-refractivity contribution in [1.29, 1.82) is 0 Å². The predicted octanol–water partition coefficient (Wildman–Crippen LogP) is 2.35. The van der Waals surface area contributed by atoms with Crippen molar-refractivity contribution in [3.63, 3.8) is 0 Å². The molecule has 17 heavy (non-hydrogen) atoms. The van der Waals surface area contributed by atoms with Crippen LogP contribution >= 0.6 is 0 Å². The van der Waals surface area contributed by atoms with Gasteiger partial charge in [-0.15, -0.1) is 0 Å². The number of aliphatic hydroxyl groups is 1. The van der Waals surface area contributed by atoms with Gasteiger partial charge in [-0.2, -0.15) is 0 Å². The second kappa shape index (κ2) is 5.52. The summed E-state index contributed by atoms with van der Waals surface area (Å²) in [5.41, 5.74) is 1.19. The molecule has 1 aliphatic carbocycles. The molecule has 0 amide bonds. The Labute approximate surface area is 102 Å². The molecular weight excluding hydrogens is 214 g/mol. The largest absolute Gasteiger partial charge is 0.508 e. The van der Waals surface area contributed by atoms with Crippen molar-refractivity contribution in [2.75, 3.05) is 0 Å². The van der Waals surface area contributed by atoms with Crippen LogP contribution in [0.25, 0.3) is 0 Å². The zero-order valence-corrected chi connectivity index (χ0v) is 10.3. The standard InChI is InChI=1S/C14H21NO2/c1-10(11-2-6-13(16)7-3-11)15-12-4-8-14(17)9-5-12/h2-3,6-7,10,12,14-17H,4-5,8-9H2,1H3. The number of rotatable bonds is 3. The molecule has 1 fully saturated rings. The highest BCUT2D eigenvalue weighted by molar-refractivity contribution is 5.27. The maximum absolute atomic E-state index is 9.45. The molecule has 2 rings (SSSR count). The van der Waals surface area contributed by atoms with E-state index in [1.807, 2.05) is 12.1 Å². The van der Waals surface area contributed by atoms with Crippen LogP contribution in [0.4, 0.5) is 0 Å². The molecule has 3 N–H and O–H groups in total. The Balaban J connectivity index is 1.88. The summed E-state index contributed by atoms with van der Waals surface area (Å²) < 4.78 is 0. The molecule has 0 spiro atoms. The van der Waals surface area contributed by atoms with Crippen molar-refractivity contribution in [1.82, 2.24) is 5.32 Å². The lowest BCUT2D eigenvalue weighted by atomic mass is 9.92. The van der Waals surface area contributed by atoms with Gasteiger partial charge < -0.3 is 15.5 Å². The molecular formula is C14H21NO2. The van der Waals surface area contributed by atoms with E-state index >= 15 is 0 Å². The Morgan fingerprint density at radius 2 is 1.71 bits per heavy atom. The molecule has 0 radical (unpaired) electrons. The minimum Gasteiger partial charge on any atom is -0.508 e. The van der Waals surface area contributed by atoms with Crippen molar-refractivity contribution >= 4 is 0 Å². The molecule has 3 nitrogen and oxygen atoms in total. The maximum atomic E-state index is 9.45. The molecule has 0 aliphatic heterocycles. The number of phenols is 1. The number of hydrogen-bond acceptors (Lipinski definition) is 3. The van der Waals surface area contributed by atoms with Crippen LogP contribution in [-0.2, 0) is 0 Å². The highest BCUT2D eigenvalue weighted by Crippen LogP contribution is 2.22. The Bertz CT molecular complexity index is 342. The number of hydrogen-bond donors (Lipinski definition) is 3. The molecule has 0 aromatic heterocycles. The highest BCUT2D eigenvalue weighted by atomic mass is 16.3. The molecule has 94 valence electrons. The third kappa shape index (κ3) is 3.45. The van der Waals surface area contributed by atoms with Gasteiger partial charge in [-0.1, -0.05) is 12.1 Å². The monoisotopic (exact) mass is 235 g/mol.